The Bertz CT molecular complexity index is 392. The Hall–Kier alpha value is -1.25. The summed E-state index contributed by atoms with van der Waals surface area (Å²) in [7, 11) is 0. The van der Waals surface area contributed by atoms with Crippen molar-refractivity contribution in [3.63, 3.8) is 0 Å². The van der Waals surface area contributed by atoms with E-state index in [1.165, 1.54) is 5.56 Å². The molecular formula is C10H10BrN3. The van der Waals surface area contributed by atoms with E-state index in [1.807, 2.05) is 37.3 Å². The van der Waals surface area contributed by atoms with Gasteiger partial charge in [0.15, 0.2) is 0 Å². The highest BCUT2D eigenvalue weighted by molar-refractivity contribution is 9.10. The molecule has 0 saturated heterocycles. The van der Waals surface area contributed by atoms with Crippen molar-refractivity contribution in [3.05, 3.63) is 50.3 Å². The maximum Gasteiger partial charge on any atom is 0.0443 e. The van der Waals surface area contributed by atoms with Crippen LogP contribution in [0.2, 0.25) is 0 Å². The summed E-state index contributed by atoms with van der Waals surface area (Å²) in [5.41, 5.74) is 10.4. The summed E-state index contributed by atoms with van der Waals surface area (Å²) in [4.78, 5) is 2.67. The van der Waals surface area contributed by atoms with E-state index < -0.39 is 0 Å². The highest BCUT2D eigenvalue weighted by atomic mass is 79.9. The van der Waals surface area contributed by atoms with Gasteiger partial charge in [0.1, 0.15) is 0 Å². The molecule has 0 unspecified atom stereocenters. The van der Waals surface area contributed by atoms with Crippen molar-refractivity contribution >= 4 is 22.0 Å². The number of halogens is 1. The second-order valence-corrected chi connectivity index (χ2v) is 3.70. The van der Waals surface area contributed by atoms with Gasteiger partial charge in [-0.3, -0.25) is 0 Å². The third kappa shape index (κ3) is 3.24. The molecule has 0 saturated carbocycles. The van der Waals surface area contributed by atoms with Crippen LogP contribution in [0.25, 0.3) is 16.5 Å². The summed E-state index contributed by atoms with van der Waals surface area (Å²) in [6, 6.07) is 6.11. The zero-order chi connectivity index (χ0) is 10.4. The van der Waals surface area contributed by atoms with Gasteiger partial charge in [0.05, 0.1) is 0 Å². The normalized spacial score (nSPS) is 10.1. The standard InChI is InChI=1S/C10H10BrN3/c1-8-4-5-9(10(11)7-8)3-2-6-13-14-12/h2-5,7H,6H2,1H3. The highest BCUT2D eigenvalue weighted by Gasteiger charge is 1.94. The maximum absolute atomic E-state index is 8.07. The molecular weight excluding hydrogens is 242 g/mol. The van der Waals surface area contributed by atoms with Crippen LogP contribution in [0.3, 0.4) is 0 Å². The molecule has 0 N–H and O–H groups in total. The molecule has 4 heteroatoms. The van der Waals surface area contributed by atoms with Crippen LogP contribution in [0.1, 0.15) is 11.1 Å². The van der Waals surface area contributed by atoms with Gasteiger partial charge in [-0.1, -0.05) is 45.3 Å². The van der Waals surface area contributed by atoms with Crippen LogP contribution >= 0.6 is 15.9 Å². The van der Waals surface area contributed by atoms with Crippen molar-refractivity contribution in [1.82, 2.24) is 0 Å². The van der Waals surface area contributed by atoms with Gasteiger partial charge in [-0.2, -0.15) is 0 Å². The molecule has 0 amide bonds. The lowest BCUT2D eigenvalue weighted by molar-refractivity contribution is 1.22. The topological polar surface area (TPSA) is 48.8 Å². The van der Waals surface area contributed by atoms with Crippen molar-refractivity contribution in [2.75, 3.05) is 6.54 Å². The monoisotopic (exact) mass is 251 g/mol. The maximum atomic E-state index is 8.07. The quantitative estimate of drug-likeness (QED) is 0.442. The number of rotatable bonds is 3. The van der Waals surface area contributed by atoms with Crippen LogP contribution in [0.15, 0.2) is 33.9 Å². The summed E-state index contributed by atoms with van der Waals surface area (Å²) >= 11 is 3.46. The molecule has 0 bridgehead atoms. The molecule has 1 rings (SSSR count). The third-order valence-corrected chi connectivity index (χ3v) is 2.39. The molecule has 0 aliphatic carbocycles. The first-order chi connectivity index (χ1) is 6.74. The lowest BCUT2D eigenvalue weighted by Gasteiger charge is -1.99. The average Bonchev–Trinajstić information content (AvgIpc) is 2.15. The minimum Gasteiger partial charge on any atom is -0.0899 e. The second kappa shape index (κ2) is 5.47. The van der Waals surface area contributed by atoms with Crippen molar-refractivity contribution < 1.29 is 0 Å². The fraction of sp³-hybridized carbons (Fsp3) is 0.200. The fourth-order valence-electron chi connectivity index (χ4n) is 1.03. The van der Waals surface area contributed by atoms with Crippen LogP contribution in [0.4, 0.5) is 0 Å². The van der Waals surface area contributed by atoms with Gasteiger partial charge in [-0.25, -0.2) is 0 Å². The van der Waals surface area contributed by atoms with Gasteiger partial charge < -0.3 is 0 Å². The van der Waals surface area contributed by atoms with Crippen molar-refractivity contribution in [3.8, 4) is 0 Å². The van der Waals surface area contributed by atoms with Crippen molar-refractivity contribution in [2.24, 2.45) is 5.11 Å². The third-order valence-electron chi connectivity index (χ3n) is 1.70. The molecule has 0 heterocycles. The summed E-state index contributed by atoms with van der Waals surface area (Å²) in [6.45, 7) is 2.43. The first-order valence-corrected chi connectivity index (χ1v) is 4.97. The molecule has 0 fully saturated rings. The van der Waals surface area contributed by atoms with E-state index in [1.54, 1.807) is 0 Å². The highest BCUT2D eigenvalue weighted by Crippen LogP contribution is 2.19. The molecule has 0 atom stereocenters. The van der Waals surface area contributed by atoms with E-state index in [9.17, 15) is 0 Å². The Balaban J connectivity index is 2.76. The van der Waals surface area contributed by atoms with Crippen molar-refractivity contribution in [1.29, 1.82) is 0 Å². The van der Waals surface area contributed by atoms with Gasteiger partial charge in [0.2, 0.25) is 0 Å². The minimum atomic E-state index is 0.386. The lowest BCUT2D eigenvalue weighted by atomic mass is 10.1. The number of benzene rings is 1. The first-order valence-electron chi connectivity index (χ1n) is 4.17. The second-order valence-electron chi connectivity index (χ2n) is 2.84. The predicted octanol–water partition coefficient (Wildman–Crippen LogP) is 4.08. The van der Waals surface area contributed by atoms with Crippen LogP contribution in [-0.4, -0.2) is 6.54 Å². The predicted molar refractivity (Wildman–Crippen MR) is 61.9 cm³/mol. The molecule has 1 aromatic rings. The number of azide groups is 1. The van der Waals surface area contributed by atoms with Crippen LogP contribution in [-0.2, 0) is 0 Å². The molecule has 14 heavy (non-hydrogen) atoms. The molecule has 72 valence electrons. The van der Waals surface area contributed by atoms with E-state index in [0.29, 0.717) is 6.54 Å². The van der Waals surface area contributed by atoms with Crippen molar-refractivity contribution in [2.45, 2.75) is 6.92 Å². The smallest absolute Gasteiger partial charge is 0.0443 e. The van der Waals surface area contributed by atoms with E-state index in [0.717, 1.165) is 10.0 Å². The first kappa shape index (κ1) is 10.8. The zero-order valence-electron chi connectivity index (χ0n) is 7.81. The Morgan fingerprint density at radius 1 is 1.57 bits per heavy atom. The molecule has 1 aromatic carbocycles. The molecule has 3 nitrogen and oxygen atoms in total. The van der Waals surface area contributed by atoms with Gasteiger partial charge >= 0.3 is 0 Å². The van der Waals surface area contributed by atoms with E-state index in [2.05, 4.69) is 26.0 Å². The Labute approximate surface area is 91.2 Å². The molecule has 0 radical (unpaired) electrons. The summed E-state index contributed by atoms with van der Waals surface area (Å²) in [5, 5.41) is 3.41. The Kier molecular flexibility index (Phi) is 4.23. The summed E-state index contributed by atoms with van der Waals surface area (Å²) in [6.07, 6.45) is 3.76. The van der Waals surface area contributed by atoms with E-state index in [4.69, 9.17) is 5.53 Å². The lowest BCUT2D eigenvalue weighted by Crippen LogP contribution is -1.78. The average molecular weight is 252 g/mol. The Morgan fingerprint density at radius 2 is 2.36 bits per heavy atom. The van der Waals surface area contributed by atoms with E-state index >= 15 is 0 Å². The number of hydrogen-bond donors (Lipinski definition) is 0. The summed E-state index contributed by atoms with van der Waals surface area (Å²) in [5.74, 6) is 0. The van der Waals surface area contributed by atoms with Gasteiger partial charge in [0.25, 0.3) is 0 Å². The fourth-order valence-corrected chi connectivity index (χ4v) is 1.66. The van der Waals surface area contributed by atoms with Gasteiger partial charge in [-0.05, 0) is 29.6 Å². The minimum absolute atomic E-state index is 0.386. The zero-order valence-corrected chi connectivity index (χ0v) is 9.40. The molecule has 0 spiro atoms. The number of aryl methyl sites for hydroxylation is 1. The molecule has 0 aliphatic rings. The van der Waals surface area contributed by atoms with Gasteiger partial charge in [0, 0.05) is 15.9 Å². The Morgan fingerprint density at radius 3 is 3.00 bits per heavy atom. The van der Waals surface area contributed by atoms with Crippen LogP contribution in [0.5, 0.6) is 0 Å². The SMILES string of the molecule is Cc1ccc(C=CCN=[N+]=[N-])c(Br)c1. The number of hydrogen-bond acceptors (Lipinski definition) is 1. The largest absolute Gasteiger partial charge is 0.0899 e. The van der Waals surface area contributed by atoms with E-state index in [-0.39, 0.29) is 0 Å². The van der Waals surface area contributed by atoms with Gasteiger partial charge in [-0.15, -0.1) is 0 Å². The van der Waals surface area contributed by atoms with Crippen LogP contribution < -0.4 is 0 Å². The summed E-state index contributed by atoms with van der Waals surface area (Å²) < 4.78 is 1.05. The molecule has 0 aromatic heterocycles. The van der Waals surface area contributed by atoms with Crippen LogP contribution in [0, 0.1) is 6.92 Å². The number of nitrogens with zero attached hydrogens (tertiary/aromatic N) is 3. The molecule has 0 aliphatic heterocycles.